The van der Waals surface area contributed by atoms with Crippen LogP contribution >= 0.6 is 11.8 Å². The lowest BCUT2D eigenvalue weighted by Gasteiger charge is -2.61. The van der Waals surface area contributed by atoms with E-state index in [1.165, 1.54) is 42.6 Å². The molecule has 0 amide bonds. The number of hydrogen-bond donors (Lipinski definition) is 4. The number of rotatable bonds is 9. The van der Waals surface area contributed by atoms with E-state index in [0.29, 0.717) is 36.0 Å². The summed E-state index contributed by atoms with van der Waals surface area (Å²) in [5.41, 5.74) is 1.99. The van der Waals surface area contributed by atoms with Crippen LogP contribution in [0.5, 0.6) is 0 Å². The number of aliphatic hydroxyl groups excluding tert-OH is 1. The van der Waals surface area contributed by atoms with Crippen molar-refractivity contribution in [2.24, 2.45) is 23.2 Å². The van der Waals surface area contributed by atoms with E-state index < -0.39 is 0 Å². The SMILES string of the molecule is CSc1ccccc1CNc1ncc(C#N)c(NC[C@]23CC4C[C@H](C2)[C@@H](NC2CC(O)C2)[C@@H](C4)C3)n1. The maximum atomic E-state index is 9.71. The van der Waals surface area contributed by atoms with Gasteiger partial charge in [-0.2, -0.15) is 10.2 Å². The first-order valence-electron chi connectivity index (χ1n) is 13.3. The first-order chi connectivity index (χ1) is 17.5. The molecule has 5 atom stereocenters. The Bertz CT molecular complexity index is 1130. The Balaban J connectivity index is 1.12. The molecule has 5 aliphatic carbocycles. The maximum absolute atomic E-state index is 9.71. The van der Waals surface area contributed by atoms with E-state index in [1.54, 1.807) is 18.0 Å². The smallest absolute Gasteiger partial charge is 0.224 e. The summed E-state index contributed by atoms with van der Waals surface area (Å²) < 4.78 is 0. The van der Waals surface area contributed by atoms with Gasteiger partial charge in [0, 0.05) is 30.1 Å². The van der Waals surface area contributed by atoms with Gasteiger partial charge in [-0.1, -0.05) is 18.2 Å². The zero-order valence-electron chi connectivity index (χ0n) is 20.9. The molecule has 1 aromatic heterocycles. The van der Waals surface area contributed by atoms with Crippen molar-refractivity contribution in [2.45, 2.75) is 74.6 Å². The van der Waals surface area contributed by atoms with Gasteiger partial charge in [-0.15, -0.1) is 11.8 Å². The quantitative estimate of drug-likeness (QED) is 0.372. The summed E-state index contributed by atoms with van der Waals surface area (Å²) in [7, 11) is 0. The minimum atomic E-state index is -0.100. The van der Waals surface area contributed by atoms with Gasteiger partial charge in [-0.25, -0.2) is 4.98 Å². The van der Waals surface area contributed by atoms with Crippen LogP contribution in [0.1, 0.15) is 56.1 Å². The fourth-order valence-electron chi connectivity index (χ4n) is 7.66. The highest BCUT2D eigenvalue weighted by Crippen LogP contribution is 2.60. The number of nitriles is 1. The summed E-state index contributed by atoms with van der Waals surface area (Å²) in [5, 5.41) is 30.3. The van der Waals surface area contributed by atoms with Crippen LogP contribution in [0.2, 0.25) is 0 Å². The molecule has 7 rings (SSSR count). The Hall–Kier alpha value is -2.34. The summed E-state index contributed by atoms with van der Waals surface area (Å²) in [4.78, 5) is 10.3. The van der Waals surface area contributed by atoms with Crippen LogP contribution in [0.4, 0.5) is 11.8 Å². The maximum Gasteiger partial charge on any atom is 0.224 e. The summed E-state index contributed by atoms with van der Waals surface area (Å²) in [5.74, 6) is 3.46. The molecule has 4 N–H and O–H groups in total. The minimum absolute atomic E-state index is 0.100. The van der Waals surface area contributed by atoms with E-state index in [-0.39, 0.29) is 11.5 Å². The lowest BCUT2D eigenvalue weighted by Crippen LogP contribution is -2.62. The van der Waals surface area contributed by atoms with Gasteiger partial charge < -0.3 is 21.1 Å². The minimum Gasteiger partial charge on any atom is -0.393 e. The molecule has 1 unspecified atom stereocenters. The third-order valence-corrected chi connectivity index (χ3v) is 9.95. The van der Waals surface area contributed by atoms with Gasteiger partial charge in [-0.3, -0.25) is 0 Å². The van der Waals surface area contributed by atoms with E-state index in [0.717, 1.165) is 37.1 Å². The second-order valence-corrected chi connectivity index (χ2v) is 12.4. The Morgan fingerprint density at radius 2 is 1.89 bits per heavy atom. The van der Waals surface area contributed by atoms with Crippen LogP contribution in [0, 0.1) is 34.5 Å². The van der Waals surface area contributed by atoms with E-state index in [9.17, 15) is 10.4 Å². The van der Waals surface area contributed by atoms with Crippen molar-refractivity contribution in [3.8, 4) is 6.07 Å². The number of hydrogen-bond acceptors (Lipinski definition) is 8. The normalized spacial score (nSPS) is 34.1. The second kappa shape index (κ2) is 9.85. The number of thioether (sulfide) groups is 1. The third kappa shape index (κ3) is 4.69. The van der Waals surface area contributed by atoms with Gasteiger partial charge in [0.2, 0.25) is 5.95 Å². The van der Waals surface area contributed by atoms with Crippen LogP contribution in [-0.2, 0) is 6.54 Å². The number of nitrogens with zero attached hydrogens (tertiary/aromatic N) is 3. The van der Waals surface area contributed by atoms with Crippen LogP contribution < -0.4 is 16.0 Å². The van der Waals surface area contributed by atoms with Crippen molar-refractivity contribution in [3.63, 3.8) is 0 Å². The zero-order chi connectivity index (χ0) is 24.7. The van der Waals surface area contributed by atoms with Crippen LogP contribution in [0.25, 0.3) is 0 Å². The molecule has 5 saturated carbocycles. The summed E-state index contributed by atoms with van der Waals surface area (Å²) in [6, 6.07) is 11.7. The highest BCUT2D eigenvalue weighted by Gasteiger charge is 2.55. The number of aliphatic hydroxyl groups is 1. The van der Waals surface area contributed by atoms with Gasteiger partial charge in [-0.05, 0) is 86.0 Å². The lowest BCUT2D eigenvalue weighted by molar-refractivity contribution is -0.0789. The predicted octanol–water partition coefficient (Wildman–Crippen LogP) is 4.40. The molecule has 36 heavy (non-hydrogen) atoms. The summed E-state index contributed by atoms with van der Waals surface area (Å²) >= 11 is 1.73. The molecule has 4 bridgehead atoms. The fourth-order valence-corrected chi connectivity index (χ4v) is 8.27. The molecule has 0 aliphatic heterocycles. The predicted molar refractivity (Wildman–Crippen MR) is 143 cm³/mol. The standard InChI is InChI=1S/C28H36N6OS/c1-36-24-5-3-2-4-18(24)14-30-27-31-15-21(13-29)26(34-27)32-16-28-10-17-6-19(11-28)25(20(7-17)12-28)33-22-8-23(35)9-22/h2-5,15,17,19-20,22-23,25,33,35H,6-12,14,16H2,1H3,(H2,30,31,32,34)/t17?,19-,20+,22?,23?,25-,28-. The van der Waals surface area contributed by atoms with Gasteiger partial charge in [0.15, 0.2) is 0 Å². The second-order valence-electron chi connectivity index (χ2n) is 11.6. The van der Waals surface area contributed by atoms with E-state index in [1.807, 2.05) is 6.07 Å². The Morgan fingerprint density at radius 1 is 1.11 bits per heavy atom. The van der Waals surface area contributed by atoms with Gasteiger partial charge in [0.1, 0.15) is 17.5 Å². The summed E-state index contributed by atoms with van der Waals surface area (Å²) in [6.45, 7) is 1.51. The molecule has 5 aliphatic rings. The monoisotopic (exact) mass is 504 g/mol. The topological polar surface area (TPSA) is 106 Å². The van der Waals surface area contributed by atoms with Crippen molar-refractivity contribution >= 4 is 23.5 Å². The van der Waals surface area contributed by atoms with Crippen molar-refractivity contribution < 1.29 is 5.11 Å². The number of anilines is 2. The van der Waals surface area contributed by atoms with Crippen molar-refractivity contribution in [2.75, 3.05) is 23.4 Å². The molecule has 0 radical (unpaired) electrons. The van der Waals surface area contributed by atoms with Crippen molar-refractivity contribution in [1.29, 1.82) is 5.26 Å². The molecular formula is C28H36N6OS. The Kier molecular flexibility index (Phi) is 6.57. The molecule has 1 heterocycles. The zero-order valence-corrected chi connectivity index (χ0v) is 21.7. The molecule has 1 aromatic carbocycles. The van der Waals surface area contributed by atoms with Crippen molar-refractivity contribution in [1.82, 2.24) is 15.3 Å². The molecule has 5 fully saturated rings. The fraction of sp³-hybridized carbons (Fsp3) is 0.607. The van der Waals surface area contributed by atoms with Gasteiger partial charge >= 0.3 is 0 Å². The average Bonchev–Trinajstić information content (AvgIpc) is 2.87. The largest absolute Gasteiger partial charge is 0.393 e. The lowest BCUT2D eigenvalue weighted by atomic mass is 9.47. The van der Waals surface area contributed by atoms with Crippen molar-refractivity contribution in [3.05, 3.63) is 41.6 Å². The molecule has 2 aromatic rings. The Morgan fingerprint density at radius 3 is 2.61 bits per heavy atom. The highest BCUT2D eigenvalue weighted by atomic mass is 32.2. The highest BCUT2D eigenvalue weighted by molar-refractivity contribution is 7.98. The molecule has 7 nitrogen and oxygen atoms in total. The number of benzene rings is 1. The van der Waals surface area contributed by atoms with E-state index >= 15 is 0 Å². The summed E-state index contributed by atoms with van der Waals surface area (Å²) in [6.07, 6.45) is 11.9. The van der Waals surface area contributed by atoms with Gasteiger partial charge in [0.25, 0.3) is 0 Å². The average molecular weight is 505 g/mol. The molecule has 0 spiro atoms. The Labute approximate surface area is 217 Å². The van der Waals surface area contributed by atoms with Gasteiger partial charge in [0.05, 0.1) is 12.3 Å². The first kappa shape index (κ1) is 24.0. The third-order valence-electron chi connectivity index (χ3n) is 9.11. The van der Waals surface area contributed by atoms with Crippen LogP contribution in [0.3, 0.4) is 0 Å². The number of aromatic nitrogens is 2. The van der Waals surface area contributed by atoms with E-state index in [4.69, 9.17) is 4.98 Å². The number of nitrogens with one attached hydrogen (secondary N) is 3. The first-order valence-corrected chi connectivity index (χ1v) is 14.6. The van der Waals surface area contributed by atoms with E-state index in [2.05, 4.69) is 51.5 Å². The molecule has 8 heteroatoms. The molecular weight excluding hydrogens is 468 g/mol. The van der Waals surface area contributed by atoms with Crippen LogP contribution in [0.15, 0.2) is 35.4 Å². The molecule has 190 valence electrons. The molecule has 0 saturated heterocycles. The van der Waals surface area contributed by atoms with Crippen LogP contribution in [-0.4, -0.2) is 46.1 Å².